The lowest BCUT2D eigenvalue weighted by Gasteiger charge is -2.17. The summed E-state index contributed by atoms with van der Waals surface area (Å²) in [5, 5.41) is 12.7. The third kappa shape index (κ3) is 5.12. The van der Waals surface area contributed by atoms with Crippen molar-refractivity contribution in [3.8, 4) is 0 Å². The highest BCUT2D eigenvalue weighted by Crippen LogP contribution is 2.24. The number of hydrogen-bond acceptors (Lipinski definition) is 5. The Bertz CT molecular complexity index is 1210. The summed E-state index contributed by atoms with van der Waals surface area (Å²) in [5.41, 5.74) is 2.29. The zero-order valence-corrected chi connectivity index (χ0v) is 18.8. The van der Waals surface area contributed by atoms with Crippen LogP contribution in [0.3, 0.4) is 0 Å². The maximum absolute atomic E-state index is 12.6. The summed E-state index contributed by atoms with van der Waals surface area (Å²) in [5.74, 6) is 1.07. The van der Waals surface area contributed by atoms with Crippen molar-refractivity contribution in [3.05, 3.63) is 106 Å². The smallest absolute Gasteiger partial charge is 0.272 e. The Balaban J connectivity index is 1.64. The van der Waals surface area contributed by atoms with Crippen molar-refractivity contribution in [1.82, 2.24) is 30.0 Å². The fourth-order valence-corrected chi connectivity index (χ4v) is 3.64. The molecule has 4 aromatic rings. The van der Waals surface area contributed by atoms with Gasteiger partial charge >= 0.3 is 0 Å². The molecule has 2 aromatic heterocycles. The quantitative estimate of drug-likeness (QED) is 0.433. The van der Waals surface area contributed by atoms with Gasteiger partial charge in [-0.05, 0) is 30.2 Å². The van der Waals surface area contributed by atoms with E-state index < -0.39 is 6.04 Å². The second kappa shape index (κ2) is 9.89. The minimum atomic E-state index is -0.413. The molecule has 2 heterocycles. The molecular formula is C23H20Cl2N6O. The second-order valence-corrected chi connectivity index (χ2v) is 8.07. The highest BCUT2D eigenvalue weighted by Gasteiger charge is 2.21. The highest BCUT2D eigenvalue weighted by molar-refractivity contribution is 6.42. The van der Waals surface area contributed by atoms with E-state index in [4.69, 9.17) is 23.2 Å². The molecule has 9 heteroatoms. The molecular weight excluding hydrogens is 447 g/mol. The molecule has 0 spiro atoms. The first-order chi connectivity index (χ1) is 15.5. The Morgan fingerprint density at radius 1 is 1.03 bits per heavy atom. The lowest BCUT2D eigenvalue weighted by Crippen LogP contribution is -2.29. The van der Waals surface area contributed by atoms with Gasteiger partial charge in [0, 0.05) is 18.8 Å². The summed E-state index contributed by atoms with van der Waals surface area (Å²) in [6.45, 7) is 2.34. The third-order valence-electron chi connectivity index (χ3n) is 4.92. The van der Waals surface area contributed by atoms with Gasteiger partial charge in [-0.2, -0.15) is 0 Å². The standard InChI is InChI=1S/C23H20Cl2N6O/c1-15(28-23(32)20-13-26-9-10-27-20)22-30-29-21(12-16-5-3-2-4-6-16)31(22)14-17-7-8-18(24)19(25)11-17/h2-11,13,15H,12,14H2,1H3,(H,28,32)/t15-/m1/s1. The first kappa shape index (κ1) is 21.9. The second-order valence-electron chi connectivity index (χ2n) is 7.26. The monoisotopic (exact) mass is 466 g/mol. The largest absolute Gasteiger partial charge is 0.341 e. The van der Waals surface area contributed by atoms with E-state index in [2.05, 4.69) is 25.5 Å². The summed E-state index contributed by atoms with van der Waals surface area (Å²) >= 11 is 12.3. The number of carbonyl (C=O) groups excluding carboxylic acids is 1. The Morgan fingerprint density at radius 2 is 1.84 bits per heavy atom. The maximum Gasteiger partial charge on any atom is 0.272 e. The van der Waals surface area contributed by atoms with E-state index in [1.807, 2.05) is 54.0 Å². The fraction of sp³-hybridized carbons (Fsp3) is 0.174. The van der Waals surface area contributed by atoms with Crippen LogP contribution in [-0.2, 0) is 13.0 Å². The number of aromatic nitrogens is 5. The van der Waals surface area contributed by atoms with Crippen LogP contribution in [0.25, 0.3) is 0 Å². The van der Waals surface area contributed by atoms with Crippen molar-refractivity contribution < 1.29 is 4.79 Å². The molecule has 32 heavy (non-hydrogen) atoms. The predicted octanol–water partition coefficient (Wildman–Crippen LogP) is 4.51. The Morgan fingerprint density at radius 3 is 2.56 bits per heavy atom. The van der Waals surface area contributed by atoms with Crippen molar-refractivity contribution in [2.24, 2.45) is 0 Å². The van der Waals surface area contributed by atoms with Crippen molar-refractivity contribution in [2.45, 2.75) is 25.9 Å². The molecule has 162 valence electrons. The molecule has 0 unspecified atom stereocenters. The number of carbonyl (C=O) groups is 1. The molecule has 4 rings (SSSR count). The average Bonchev–Trinajstić information content (AvgIpc) is 3.19. The van der Waals surface area contributed by atoms with Crippen molar-refractivity contribution >= 4 is 29.1 Å². The van der Waals surface area contributed by atoms with E-state index in [0.717, 1.165) is 17.0 Å². The van der Waals surface area contributed by atoms with Gasteiger partial charge in [-0.15, -0.1) is 10.2 Å². The lowest BCUT2D eigenvalue weighted by atomic mass is 10.1. The molecule has 0 aliphatic heterocycles. The van der Waals surface area contributed by atoms with E-state index in [0.29, 0.717) is 28.8 Å². The molecule has 0 saturated carbocycles. The van der Waals surface area contributed by atoms with Crippen molar-refractivity contribution in [3.63, 3.8) is 0 Å². The van der Waals surface area contributed by atoms with E-state index in [1.54, 1.807) is 6.07 Å². The minimum absolute atomic E-state index is 0.236. The lowest BCUT2D eigenvalue weighted by molar-refractivity contribution is 0.0932. The molecule has 0 aliphatic carbocycles. The first-order valence-corrected chi connectivity index (χ1v) is 10.7. The van der Waals surface area contributed by atoms with Crippen LogP contribution in [-0.4, -0.2) is 30.6 Å². The predicted molar refractivity (Wildman–Crippen MR) is 123 cm³/mol. The molecule has 1 N–H and O–H groups in total. The number of rotatable bonds is 7. The van der Waals surface area contributed by atoms with Gasteiger partial charge in [0.25, 0.3) is 5.91 Å². The van der Waals surface area contributed by atoms with Crippen LogP contribution in [0.2, 0.25) is 10.0 Å². The van der Waals surface area contributed by atoms with Gasteiger partial charge in [-0.25, -0.2) is 4.98 Å². The zero-order chi connectivity index (χ0) is 22.5. The molecule has 0 saturated heterocycles. The highest BCUT2D eigenvalue weighted by atomic mass is 35.5. The fourth-order valence-electron chi connectivity index (χ4n) is 3.32. The van der Waals surface area contributed by atoms with E-state index in [9.17, 15) is 4.79 Å². The number of halogens is 2. The summed E-state index contributed by atoms with van der Waals surface area (Å²) in [4.78, 5) is 20.6. The van der Waals surface area contributed by atoms with E-state index in [1.165, 1.54) is 18.6 Å². The maximum atomic E-state index is 12.6. The number of nitrogens with zero attached hydrogens (tertiary/aromatic N) is 5. The summed E-state index contributed by atoms with van der Waals surface area (Å²) in [6.07, 6.45) is 5.01. The molecule has 0 fully saturated rings. The van der Waals surface area contributed by atoms with Gasteiger partial charge in [0.15, 0.2) is 5.82 Å². The van der Waals surface area contributed by atoms with Gasteiger partial charge in [0.05, 0.1) is 28.8 Å². The Hall–Kier alpha value is -3.29. The normalized spacial score (nSPS) is 11.8. The Labute approximate surface area is 195 Å². The number of hydrogen-bond donors (Lipinski definition) is 1. The first-order valence-electron chi connectivity index (χ1n) is 9.98. The molecule has 1 amide bonds. The van der Waals surface area contributed by atoms with Gasteiger partial charge in [-0.3, -0.25) is 9.78 Å². The number of amides is 1. The molecule has 2 aromatic carbocycles. The van der Waals surface area contributed by atoms with Gasteiger partial charge < -0.3 is 9.88 Å². The number of nitrogens with one attached hydrogen (secondary N) is 1. The van der Waals surface area contributed by atoms with Crippen LogP contribution >= 0.6 is 23.2 Å². The van der Waals surface area contributed by atoms with Gasteiger partial charge in [-0.1, -0.05) is 59.6 Å². The van der Waals surface area contributed by atoms with Gasteiger partial charge in [0.2, 0.25) is 0 Å². The topological polar surface area (TPSA) is 85.6 Å². The summed E-state index contributed by atoms with van der Waals surface area (Å²) in [7, 11) is 0. The van der Waals surface area contributed by atoms with Crippen LogP contribution in [0.1, 0.15) is 46.2 Å². The third-order valence-corrected chi connectivity index (χ3v) is 5.66. The van der Waals surface area contributed by atoms with Gasteiger partial charge in [0.1, 0.15) is 11.5 Å². The van der Waals surface area contributed by atoms with E-state index in [-0.39, 0.29) is 11.6 Å². The molecule has 0 radical (unpaired) electrons. The van der Waals surface area contributed by atoms with Crippen LogP contribution < -0.4 is 5.32 Å². The van der Waals surface area contributed by atoms with Crippen LogP contribution in [0.5, 0.6) is 0 Å². The molecule has 7 nitrogen and oxygen atoms in total. The Kier molecular flexibility index (Phi) is 6.78. The van der Waals surface area contributed by atoms with E-state index >= 15 is 0 Å². The van der Waals surface area contributed by atoms with Crippen LogP contribution in [0.4, 0.5) is 0 Å². The molecule has 0 aliphatic rings. The summed E-state index contributed by atoms with van der Waals surface area (Å²) < 4.78 is 1.99. The van der Waals surface area contributed by atoms with Crippen LogP contribution in [0, 0.1) is 0 Å². The van der Waals surface area contributed by atoms with Crippen molar-refractivity contribution in [2.75, 3.05) is 0 Å². The SMILES string of the molecule is C[C@@H](NC(=O)c1cnccn1)c1nnc(Cc2ccccc2)n1Cc1ccc(Cl)c(Cl)c1. The number of benzene rings is 2. The van der Waals surface area contributed by atoms with Crippen LogP contribution in [0.15, 0.2) is 67.1 Å². The molecule has 1 atom stereocenters. The zero-order valence-electron chi connectivity index (χ0n) is 17.2. The minimum Gasteiger partial charge on any atom is -0.341 e. The average molecular weight is 467 g/mol. The summed E-state index contributed by atoms with van der Waals surface area (Å²) in [6, 6.07) is 15.1. The van der Waals surface area contributed by atoms with Crippen molar-refractivity contribution in [1.29, 1.82) is 0 Å². The molecule has 0 bridgehead atoms.